The minimum Gasteiger partial charge on any atom is -0.406 e. The number of nitrogens with one attached hydrogen (secondary N) is 1. The van der Waals surface area contributed by atoms with E-state index in [4.69, 9.17) is 5.11 Å². The molecule has 0 fully saturated rings. The van der Waals surface area contributed by atoms with Crippen LogP contribution in [-0.4, -0.2) is 17.4 Å². The van der Waals surface area contributed by atoms with Gasteiger partial charge in [0.2, 0.25) is 5.91 Å². The number of hydrogen-bond acceptors (Lipinski definition) is 3. The summed E-state index contributed by atoms with van der Waals surface area (Å²) in [4.78, 5) is 12.1. The third kappa shape index (κ3) is 5.27. The van der Waals surface area contributed by atoms with Gasteiger partial charge in [-0.3, -0.25) is 4.79 Å². The van der Waals surface area contributed by atoms with E-state index in [1.165, 1.54) is 12.1 Å². The van der Waals surface area contributed by atoms with Gasteiger partial charge in [0.25, 0.3) is 0 Å². The van der Waals surface area contributed by atoms with Gasteiger partial charge in [0.1, 0.15) is 5.75 Å². The highest BCUT2D eigenvalue weighted by Crippen LogP contribution is 2.23. The molecule has 128 valence electrons. The number of aliphatic hydroxyl groups is 1. The zero-order valence-corrected chi connectivity index (χ0v) is 12.9. The summed E-state index contributed by atoms with van der Waals surface area (Å²) in [5.74, 6) is -0.643. The van der Waals surface area contributed by atoms with E-state index in [0.29, 0.717) is 16.8 Å². The first-order valence-corrected chi connectivity index (χ1v) is 7.12. The normalized spacial score (nSPS) is 11.2. The molecule has 0 bridgehead atoms. The summed E-state index contributed by atoms with van der Waals surface area (Å²) in [6, 6.07) is 10.3. The number of ether oxygens (including phenoxy) is 1. The van der Waals surface area contributed by atoms with Crippen LogP contribution in [-0.2, 0) is 17.8 Å². The molecule has 0 radical (unpaired) electrons. The van der Waals surface area contributed by atoms with Gasteiger partial charge < -0.3 is 15.2 Å². The average Bonchev–Trinajstić information content (AvgIpc) is 2.50. The van der Waals surface area contributed by atoms with E-state index in [2.05, 4.69) is 10.1 Å². The predicted octanol–water partition coefficient (Wildman–Crippen LogP) is 3.57. The zero-order valence-electron chi connectivity index (χ0n) is 12.9. The molecule has 2 aromatic carbocycles. The molecule has 24 heavy (non-hydrogen) atoms. The van der Waals surface area contributed by atoms with Crippen molar-refractivity contribution in [3.05, 3.63) is 59.2 Å². The zero-order chi connectivity index (χ0) is 17.7. The van der Waals surface area contributed by atoms with Crippen molar-refractivity contribution in [1.82, 2.24) is 0 Å². The number of carbonyl (C=O) groups excluding carboxylic acids is 1. The van der Waals surface area contributed by atoms with E-state index in [1.807, 2.05) is 6.92 Å². The number of aliphatic hydroxyl groups excluding tert-OH is 1. The van der Waals surface area contributed by atoms with Crippen LogP contribution >= 0.6 is 0 Å². The summed E-state index contributed by atoms with van der Waals surface area (Å²) in [5, 5.41) is 11.8. The molecule has 4 nitrogen and oxygen atoms in total. The molecule has 7 heteroatoms. The van der Waals surface area contributed by atoms with Crippen LogP contribution in [0, 0.1) is 6.92 Å². The summed E-state index contributed by atoms with van der Waals surface area (Å²) in [7, 11) is 0. The smallest absolute Gasteiger partial charge is 0.406 e. The number of alkyl halides is 3. The van der Waals surface area contributed by atoms with Crippen LogP contribution in [0.3, 0.4) is 0 Å². The van der Waals surface area contributed by atoms with Crippen molar-refractivity contribution in [2.24, 2.45) is 0 Å². The quantitative estimate of drug-likeness (QED) is 0.876. The number of benzene rings is 2. The second-order valence-corrected chi connectivity index (χ2v) is 5.22. The molecule has 1 amide bonds. The van der Waals surface area contributed by atoms with Crippen molar-refractivity contribution in [3.8, 4) is 5.75 Å². The van der Waals surface area contributed by atoms with Crippen molar-refractivity contribution in [3.63, 3.8) is 0 Å². The van der Waals surface area contributed by atoms with E-state index >= 15 is 0 Å². The molecule has 0 aliphatic carbocycles. The molecule has 2 aromatic rings. The summed E-state index contributed by atoms with van der Waals surface area (Å²) in [6.07, 6.45) is -4.73. The fourth-order valence-corrected chi connectivity index (χ4v) is 2.09. The molecule has 0 saturated heterocycles. The number of halogens is 3. The highest BCUT2D eigenvalue weighted by molar-refractivity contribution is 5.93. The lowest BCUT2D eigenvalue weighted by Gasteiger charge is -2.11. The number of carbonyl (C=O) groups is 1. The van der Waals surface area contributed by atoms with Gasteiger partial charge in [-0.15, -0.1) is 13.2 Å². The topological polar surface area (TPSA) is 58.6 Å². The Hall–Kier alpha value is -2.54. The summed E-state index contributed by atoms with van der Waals surface area (Å²) < 4.78 is 40.0. The molecular weight excluding hydrogens is 323 g/mol. The molecule has 0 heterocycles. The van der Waals surface area contributed by atoms with E-state index in [0.717, 1.165) is 17.7 Å². The van der Waals surface area contributed by atoms with Crippen LogP contribution in [0.4, 0.5) is 18.9 Å². The van der Waals surface area contributed by atoms with E-state index in [1.54, 1.807) is 18.2 Å². The van der Waals surface area contributed by atoms with Crippen molar-refractivity contribution < 1.29 is 27.8 Å². The molecule has 0 aromatic heterocycles. The number of aryl methyl sites for hydroxylation is 1. The standard InChI is InChI=1S/C17H16F3NO3/c1-11-2-3-13(10-22)8-15(11)21-16(23)9-12-4-6-14(7-5-12)24-17(18,19)20/h2-8,22H,9-10H2,1H3,(H,21,23). The van der Waals surface area contributed by atoms with Crippen LogP contribution in [0.25, 0.3) is 0 Å². The van der Waals surface area contributed by atoms with Gasteiger partial charge in [-0.25, -0.2) is 0 Å². The monoisotopic (exact) mass is 339 g/mol. The highest BCUT2D eigenvalue weighted by Gasteiger charge is 2.30. The molecule has 0 atom stereocenters. The van der Waals surface area contributed by atoms with Crippen molar-refractivity contribution in [1.29, 1.82) is 0 Å². The van der Waals surface area contributed by atoms with E-state index in [-0.39, 0.29) is 24.7 Å². The van der Waals surface area contributed by atoms with Gasteiger partial charge in [0.05, 0.1) is 13.0 Å². The predicted molar refractivity (Wildman–Crippen MR) is 82.6 cm³/mol. The maximum absolute atomic E-state index is 12.1. The molecule has 2 N–H and O–H groups in total. The Bertz CT molecular complexity index is 712. The van der Waals surface area contributed by atoms with Crippen LogP contribution in [0.2, 0.25) is 0 Å². The summed E-state index contributed by atoms with van der Waals surface area (Å²) in [6.45, 7) is 1.68. The van der Waals surface area contributed by atoms with Crippen LogP contribution in [0.1, 0.15) is 16.7 Å². The third-order valence-corrected chi connectivity index (χ3v) is 3.28. The number of rotatable bonds is 5. The van der Waals surface area contributed by atoms with Crippen LogP contribution < -0.4 is 10.1 Å². The number of hydrogen-bond donors (Lipinski definition) is 2. The van der Waals surface area contributed by atoms with Crippen LogP contribution in [0.5, 0.6) is 5.75 Å². The lowest BCUT2D eigenvalue weighted by Crippen LogP contribution is -2.17. The lowest BCUT2D eigenvalue weighted by atomic mass is 10.1. The van der Waals surface area contributed by atoms with Gasteiger partial charge in [-0.1, -0.05) is 24.3 Å². The molecule has 0 spiro atoms. The third-order valence-electron chi connectivity index (χ3n) is 3.28. The SMILES string of the molecule is Cc1ccc(CO)cc1NC(=O)Cc1ccc(OC(F)(F)F)cc1. The maximum Gasteiger partial charge on any atom is 0.573 e. The first-order valence-electron chi connectivity index (χ1n) is 7.12. The summed E-state index contributed by atoms with van der Waals surface area (Å²) >= 11 is 0. The van der Waals surface area contributed by atoms with Gasteiger partial charge in [0, 0.05) is 5.69 Å². The fourth-order valence-electron chi connectivity index (χ4n) is 2.09. The average molecular weight is 339 g/mol. The molecule has 0 unspecified atom stereocenters. The number of amides is 1. The van der Waals surface area contributed by atoms with E-state index in [9.17, 15) is 18.0 Å². The summed E-state index contributed by atoms with van der Waals surface area (Å²) in [5.41, 5.74) is 2.65. The first kappa shape index (κ1) is 17.8. The van der Waals surface area contributed by atoms with Crippen molar-refractivity contribution >= 4 is 11.6 Å². The first-order chi connectivity index (χ1) is 11.3. The lowest BCUT2D eigenvalue weighted by molar-refractivity contribution is -0.274. The Morgan fingerprint density at radius 3 is 2.33 bits per heavy atom. The minimum absolute atomic E-state index is 0.00902. The minimum atomic E-state index is -4.74. The van der Waals surface area contributed by atoms with Gasteiger partial charge in [-0.2, -0.15) is 0 Å². The van der Waals surface area contributed by atoms with Crippen molar-refractivity contribution in [2.75, 3.05) is 5.32 Å². The Labute approximate surface area is 136 Å². The maximum atomic E-state index is 12.1. The van der Waals surface area contributed by atoms with Crippen molar-refractivity contribution in [2.45, 2.75) is 26.3 Å². The molecule has 0 aliphatic heterocycles. The molecule has 0 aliphatic rings. The second-order valence-electron chi connectivity index (χ2n) is 5.22. The van der Waals surface area contributed by atoms with Gasteiger partial charge >= 0.3 is 6.36 Å². The van der Waals surface area contributed by atoms with E-state index < -0.39 is 6.36 Å². The highest BCUT2D eigenvalue weighted by atomic mass is 19.4. The van der Waals surface area contributed by atoms with Gasteiger partial charge in [0.15, 0.2) is 0 Å². The fraction of sp³-hybridized carbons (Fsp3) is 0.235. The Balaban J connectivity index is 2.00. The van der Waals surface area contributed by atoms with Gasteiger partial charge in [-0.05, 0) is 41.8 Å². The number of anilines is 1. The molecular formula is C17H16F3NO3. The Kier molecular flexibility index (Phi) is 5.46. The second kappa shape index (κ2) is 7.35. The Morgan fingerprint density at radius 1 is 1.12 bits per heavy atom. The van der Waals surface area contributed by atoms with Crippen LogP contribution in [0.15, 0.2) is 42.5 Å². The Morgan fingerprint density at radius 2 is 1.75 bits per heavy atom. The molecule has 0 saturated carbocycles. The molecule has 2 rings (SSSR count). The largest absolute Gasteiger partial charge is 0.573 e.